The number of hydrogen-bond acceptors (Lipinski definition) is 6. The molecule has 2 aromatic carbocycles. The van der Waals surface area contributed by atoms with Crippen LogP contribution in [0.4, 0.5) is 23.0 Å². The van der Waals surface area contributed by atoms with Crippen molar-refractivity contribution in [3.05, 3.63) is 66.5 Å². The molecule has 0 unspecified atom stereocenters. The second kappa shape index (κ2) is 8.57. The molecule has 0 amide bonds. The third-order valence-corrected chi connectivity index (χ3v) is 8.41. The summed E-state index contributed by atoms with van der Waals surface area (Å²) in [5.41, 5.74) is 5.59. The first kappa shape index (κ1) is 23.2. The number of nitrogens with zero attached hydrogens (tertiary/aromatic N) is 4. The molecule has 9 heteroatoms. The average molecular weight is 491 g/mol. The van der Waals surface area contributed by atoms with E-state index in [2.05, 4.69) is 45.2 Å². The smallest absolute Gasteiger partial charge is 0.237 e. The molecule has 1 aliphatic rings. The lowest BCUT2D eigenvalue weighted by atomic mass is 10.0. The molecule has 0 saturated carbocycles. The second-order valence-corrected chi connectivity index (χ2v) is 12.4. The zero-order valence-electron chi connectivity index (χ0n) is 20.4. The molecule has 4 aromatic rings. The Morgan fingerprint density at radius 1 is 1.03 bits per heavy atom. The number of hydrogen-bond donors (Lipinski definition) is 2. The first-order chi connectivity index (χ1) is 16.6. The molecule has 0 fully saturated rings. The van der Waals surface area contributed by atoms with Gasteiger partial charge < -0.3 is 14.8 Å². The van der Waals surface area contributed by atoms with Gasteiger partial charge in [-0.05, 0) is 81.6 Å². The van der Waals surface area contributed by atoms with Crippen LogP contribution in [0.15, 0.2) is 60.9 Å². The molecule has 8 nitrogen and oxygen atoms in total. The van der Waals surface area contributed by atoms with Crippen LogP contribution in [0, 0.1) is 0 Å². The molecule has 3 heterocycles. The van der Waals surface area contributed by atoms with E-state index in [9.17, 15) is 8.42 Å². The normalized spacial score (nSPS) is 14.1. The maximum absolute atomic E-state index is 12.6. The number of aromatic nitrogens is 3. The molecule has 0 radical (unpaired) electrons. The van der Waals surface area contributed by atoms with E-state index in [1.54, 1.807) is 39.1 Å². The van der Waals surface area contributed by atoms with Crippen molar-refractivity contribution in [3.63, 3.8) is 0 Å². The fraction of sp³-hybridized carbons (Fsp3) is 0.308. The van der Waals surface area contributed by atoms with Crippen LogP contribution in [-0.2, 0) is 16.4 Å². The first-order valence-electron chi connectivity index (χ1n) is 11.7. The van der Waals surface area contributed by atoms with E-state index >= 15 is 0 Å². The Labute approximate surface area is 206 Å². The molecule has 2 aromatic heterocycles. The summed E-state index contributed by atoms with van der Waals surface area (Å²) >= 11 is 0. The van der Waals surface area contributed by atoms with E-state index in [0.29, 0.717) is 11.6 Å². The first-order valence-corrected chi connectivity index (χ1v) is 13.2. The molecule has 35 heavy (non-hydrogen) atoms. The van der Waals surface area contributed by atoms with Crippen molar-refractivity contribution >= 4 is 44.1 Å². The zero-order valence-corrected chi connectivity index (χ0v) is 21.2. The quantitative estimate of drug-likeness (QED) is 0.405. The summed E-state index contributed by atoms with van der Waals surface area (Å²) in [4.78, 5) is 11.5. The van der Waals surface area contributed by atoms with Crippen LogP contribution < -0.4 is 14.9 Å². The van der Waals surface area contributed by atoms with Crippen molar-refractivity contribution in [3.8, 4) is 5.69 Å². The number of sulfonamides is 1. The van der Waals surface area contributed by atoms with Gasteiger partial charge in [-0.25, -0.2) is 13.4 Å². The Bertz CT molecular complexity index is 1500. The van der Waals surface area contributed by atoms with Crippen LogP contribution in [-0.4, -0.2) is 41.3 Å². The van der Waals surface area contributed by atoms with Gasteiger partial charge in [0.1, 0.15) is 5.65 Å². The minimum atomic E-state index is -3.53. The van der Waals surface area contributed by atoms with Crippen LogP contribution in [0.5, 0.6) is 0 Å². The summed E-state index contributed by atoms with van der Waals surface area (Å²) in [6, 6.07) is 15.6. The van der Waals surface area contributed by atoms with E-state index in [1.807, 2.05) is 29.0 Å². The Kier molecular flexibility index (Phi) is 5.67. The standard InChI is InChI=1S/C26H30N6O2S/c1-26(2,3)35(33,34)30-21-8-5-9-22(16-21)32-14-12-19-17-27-25(29-24(19)32)28-20-10-11-23-18(15-20)7-6-13-31(23)4/h5,8-12,14-17,30H,6-7,13H2,1-4H3,(H,27,28,29). The highest BCUT2D eigenvalue weighted by Gasteiger charge is 2.29. The van der Waals surface area contributed by atoms with Gasteiger partial charge in [0.05, 0.1) is 10.4 Å². The van der Waals surface area contributed by atoms with E-state index in [1.165, 1.54) is 11.3 Å². The molecule has 0 aliphatic carbocycles. The summed E-state index contributed by atoms with van der Waals surface area (Å²) < 4.78 is 28.9. The lowest BCUT2D eigenvalue weighted by molar-refractivity contribution is 0.566. The average Bonchev–Trinajstić information content (AvgIpc) is 3.22. The van der Waals surface area contributed by atoms with Gasteiger partial charge in [-0.3, -0.25) is 4.72 Å². The fourth-order valence-corrected chi connectivity index (χ4v) is 4.95. The third-order valence-electron chi connectivity index (χ3n) is 6.30. The topological polar surface area (TPSA) is 92.2 Å². The van der Waals surface area contributed by atoms with Gasteiger partial charge in [-0.1, -0.05) is 6.07 Å². The summed E-state index contributed by atoms with van der Waals surface area (Å²) in [7, 11) is -1.40. The molecule has 0 atom stereocenters. The van der Waals surface area contributed by atoms with Gasteiger partial charge in [-0.2, -0.15) is 4.98 Å². The highest BCUT2D eigenvalue weighted by atomic mass is 32.2. The molecular weight excluding hydrogens is 460 g/mol. The maximum atomic E-state index is 12.6. The fourth-order valence-electron chi connectivity index (χ4n) is 4.21. The highest BCUT2D eigenvalue weighted by Crippen LogP contribution is 2.30. The predicted molar refractivity (Wildman–Crippen MR) is 142 cm³/mol. The number of nitrogens with one attached hydrogen (secondary N) is 2. The Hall–Kier alpha value is -3.59. The molecule has 1 aliphatic heterocycles. The minimum Gasteiger partial charge on any atom is -0.374 e. The summed E-state index contributed by atoms with van der Waals surface area (Å²) in [5.74, 6) is 0.506. The number of anilines is 4. The number of benzene rings is 2. The molecule has 5 rings (SSSR count). The Balaban J connectivity index is 1.45. The van der Waals surface area contributed by atoms with Crippen molar-refractivity contribution in [2.75, 3.05) is 28.5 Å². The van der Waals surface area contributed by atoms with Crippen molar-refractivity contribution in [2.24, 2.45) is 0 Å². The van der Waals surface area contributed by atoms with Crippen LogP contribution in [0.1, 0.15) is 32.8 Å². The van der Waals surface area contributed by atoms with Crippen LogP contribution in [0.2, 0.25) is 0 Å². The van der Waals surface area contributed by atoms with Crippen molar-refractivity contribution in [1.82, 2.24) is 14.5 Å². The van der Waals surface area contributed by atoms with E-state index in [4.69, 9.17) is 4.98 Å². The van der Waals surface area contributed by atoms with Crippen LogP contribution in [0.3, 0.4) is 0 Å². The van der Waals surface area contributed by atoms with E-state index in [0.717, 1.165) is 41.8 Å². The monoisotopic (exact) mass is 490 g/mol. The van der Waals surface area contributed by atoms with Crippen molar-refractivity contribution in [2.45, 2.75) is 38.4 Å². The number of rotatable bonds is 5. The van der Waals surface area contributed by atoms with Gasteiger partial charge in [0.25, 0.3) is 0 Å². The maximum Gasteiger partial charge on any atom is 0.237 e. The number of aryl methyl sites for hydroxylation is 1. The summed E-state index contributed by atoms with van der Waals surface area (Å²) in [6.07, 6.45) is 5.91. The lowest BCUT2D eigenvalue weighted by Crippen LogP contribution is -2.33. The summed E-state index contributed by atoms with van der Waals surface area (Å²) in [5, 5.41) is 4.23. The lowest BCUT2D eigenvalue weighted by Gasteiger charge is -2.27. The van der Waals surface area contributed by atoms with E-state index in [-0.39, 0.29) is 0 Å². The SMILES string of the molecule is CN1CCCc2cc(Nc3ncc4ccn(-c5cccc(NS(=O)(=O)C(C)(C)C)c5)c4n3)ccc21. The number of fused-ring (bicyclic) bond motifs is 2. The van der Waals surface area contributed by atoms with E-state index < -0.39 is 14.8 Å². The molecule has 0 saturated heterocycles. The van der Waals surface area contributed by atoms with Crippen LogP contribution in [0.25, 0.3) is 16.7 Å². The highest BCUT2D eigenvalue weighted by molar-refractivity contribution is 7.94. The zero-order chi connectivity index (χ0) is 24.8. The van der Waals surface area contributed by atoms with Gasteiger partial charge in [0.15, 0.2) is 0 Å². The third kappa shape index (κ3) is 4.55. The van der Waals surface area contributed by atoms with Gasteiger partial charge in [-0.15, -0.1) is 0 Å². The molecule has 2 N–H and O–H groups in total. The Morgan fingerprint density at radius 2 is 1.86 bits per heavy atom. The van der Waals surface area contributed by atoms with Crippen molar-refractivity contribution in [1.29, 1.82) is 0 Å². The Morgan fingerprint density at radius 3 is 2.66 bits per heavy atom. The molecule has 0 spiro atoms. The van der Waals surface area contributed by atoms with Crippen LogP contribution >= 0.6 is 0 Å². The molecular formula is C26H30N6O2S. The molecule has 0 bridgehead atoms. The van der Waals surface area contributed by atoms with Gasteiger partial charge in [0.2, 0.25) is 16.0 Å². The second-order valence-electron chi connectivity index (χ2n) is 9.92. The largest absolute Gasteiger partial charge is 0.374 e. The molecule has 182 valence electrons. The summed E-state index contributed by atoms with van der Waals surface area (Å²) in [6.45, 7) is 6.09. The van der Waals surface area contributed by atoms with Crippen molar-refractivity contribution < 1.29 is 8.42 Å². The van der Waals surface area contributed by atoms with Gasteiger partial charge in [0, 0.05) is 48.4 Å². The predicted octanol–water partition coefficient (Wildman–Crippen LogP) is 5.09. The minimum absolute atomic E-state index is 0.505. The van der Waals surface area contributed by atoms with Gasteiger partial charge >= 0.3 is 0 Å².